The van der Waals surface area contributed by atoms with E-state index < -0.39 is 0 Å². The number of likely N-dealkylation sites (tertiary alicyclic amines) is 1. The molecule has 0 spiro atoms. The highest BCUT2D eigenvalue weighted by atomic mass is 16.2. The van der Waals surface area contributed by atoms with Crippen molar-refractivity contribution in [3.8, 4) is 0 Å². The van der Waals surface area contributed by atoms with E-state index in [0.29, 0.717) is 37.4 Å². The molecule has 3 aliphatic heterocycles. The van der Waals surface area contributed by atoms with Gasteiger partial charge in [-0.25, -0.2) is 0 Å². The van der Waals surface area contributed by atoms with Gasteiger partial charge in [-0.05, 0) is 60.7 Å². The molecule has 1 aromatic heterocycles. The third-order valence-corrected chi connectivity index (χ3v) is 7.03. The summed E-state index contributed by atoms with van der Waals surface area (Å²) in [5.74, 6) is 1.38. The van der Waals surface area contributed by atoms with Gasteiger partial charge in [-0.15, -0.1) is 0 Å². The Kier molecular flexibility index (Phi) is 4.73. The standard InChI is InChI=1S/C25H30N4O/c1-15(2)22-13-28(4)14-23(22)29-12-20-9-21-19(8-18(20)10-24(29)30)11-27-25(21)17-5-6-26-16(3)7-17/h5-9,15,22-23H,10-14H2,1-4H3/t22-,23+/m0/s1. The second-order valence-corrected chi connectivity index (χ2v) is 9.52. The van der Waals surface area contributed by atoms with Crippen molar-refractivity contribution in [2.24, 2.45) is 16.8 Å². The van der Waals surface area contributed by atoms with Crippen LogP contribution < -0.4 is 0 Å². The number of benzene rings is 1. The highest BCUT2D eigenvalue weighted by Crippen LogP contribution is 2.34. The van der Waals surface area contributed by atoms with Crippen LogP contribution in [0.2, 0.25) is 0 Å². The van der Waals surface area contributed by atoms with Gasteiger partial charge in [0, 0.05) is 48.7 Å². The van der Waals surface area contributed by atoms with Crippen LogP contribution in [0, 0.1) is 18.8 Å². The summed E-state index contributed by atoms with van der Waals surface area (Å²) in [7, 11) is 2.17. The van der Waals surface area contributed by atoms with Crippen molar-refractivity contribution in [1.82, 2.24) is 14.8 Å². The van der Waals surface area contributed by atoms with Gasteiger partial charge in [0.2, 0.25) is 5.91 Å². The smallest absolute Gasteiger partial charge is 0.227 e. The number of nitrogens with zero attached hydrogens (tertiary/aromatic N) is 4. The van der Waals surface area contributed by atoms with Gasteiger partial charge < -0.3 is 9.80 Å². The summed E-state index contributed by atoms with van der Waals surface area (Å²) in [6, 6.07) is 8.97. The summed E-state index contributed by atoms with van der Waals surface area (Å²) in [4.78, 5) is 26.8. The van der Waals surface area contributed by atoms with Gasteiger partial charge in [-0.1, -0.05) is 19.9 Å². The van der Waals surface area contributed by atoms with E-state index in [1.54, 1.807) is 0 Å². The largest absolute Gasteiger partial charge is 0.333 e. The van der Waals surface area contributed by atoms with Crippen molar-refractivity contribution in [2.75, 3.05) is 20.1 Å². The zero-order valence-electron chi connectivity index (χ0n) is 18.4. The zero-order valence-corrected chi connectivity index (χ0v) is 18.4. The number of aryl methyl sites for hydroxylation is 1. The first-order chi connectivity index (χ1) is 14.4. The van der Waals surface area contributed by atoms with E-state index in [0.717, 1.165) is 30.1 Å². The van der Waals surface area contributed by atoms with Gasteiger partial charge in [0.15, 0.2) is 0 Å². The minimum Gasteiger partial charge on any atom is -0.333 e. The third kappa shape index (κ3) is 3.25. The van der Waals surface area contributed by atoms with E-state index in [2.05, 4.69) is 53.9 Å². The second kappa shape index (κ2) is 7.31. The summed E-state index contributed by atoms with van der Waals surface area (Å²) >= 11 is 0. The average Bonchev–Trinajstić information content (AvgIpc) is 3.29. The zero-order chi connectivity index (χ0) is 21.0. The van der Waals surface area contributed by atoms with Gasteiger partial charge in [-0.2, -0.15) is 0 Å². The van der Waals surface area contributed by atoms with Crippen molar-refractivity contribution in [3.05, 3.63) is 64.0 Å². The maximum Gasteiger partial charge on any atom is 0.227 e. The van der Waals surface area contributed by atoms with Crippen LogP contribution in [0.25, 0.3) is 0 Å². The SMILES string of the molecule is Cc1cc(C2=NCc3cc4c(cc32)CN([C@@H]2CN(C)C[C@H]2C(C)C)C(=O)C4)ccn1. The lowest BCUT2D eigenvalue weighted by Crippen LogP contribution is -2.48. The lowest BCUT2D eigenvalue weighted by Gasteiger charge is -2.37. The van der Waals surface area contributed by atoms with Crippen molar-refractivity contribution >= 4 is 11.6 Å². The molecule has 0 aliphatic carbocycles. The number of aromatic nitrogens is 1. The number of fused-ring (bicyclic) bond motifs is 2. The van der Waals surface area contributed by atoms with Crippen LogP contribution in [0.5, 0.6) is 0 Å². The maximum absolute atomic E-state index is 13.1. The van der Waals surface area contributed by atoms with Gasteiger partial charge >= 0.3 is 0 Å². The molecule has 0 N–H and O–H groups in total. The number of aliphatic imine (C=N–C) groups is 1. The molecule has 0 bridgehead atoms. The summed E-state index contributed by atoms with van der Waals surface area (Å²) in [6.07, 6.45) is 2.37. The third-order valence-electron chi connectivity index (χ3n) is 7.03. The molecule has 0 unspecified atom stereocenters. The Bertz CT molecular complexity index is 1040. The van der Waals surface area contributed by atoms with Crippen molar-refractivity contribution in [2.45, 2.75) is 46.3 Å². The molecular weight excluding hydrogens is 372 g/mol. The highest BCUT2D eigenvalue weighted by molar-refractivity contribution is 6.15. The van der Waals surface area contributed by atoms with Crippen LogP contribution in [0.4, 0.5) is 0 Å². The molecule has 2 aromatic rings. The highest BCUT2D eigenvalue weighted by Gasteiger charge is 2.40. The lowest BCUT2D eigenvalue weighted by atomic mass is 9.87. The van der Waals surface area contributed by atoms with Crippen LogP contribution in [0.15, 0.2) is 35.5 Å². The number of hydrogen-bond donors (Lipinski definition) is 0. The first-order valence-electron chi connectivity index (χ1n) is 11.0. The van der Waals surface area contributed by atoms with E-state index in [9.17, 15) is 4.79 Å². The number of carbonyl (C=O) groups excluding carboxylic acids is 1. The van der Waals surface area contributed by atoms with Crippen molar-refractivity contribution in [3.63, 3.8) is 0 Å². The fraction of sp³-hybridized carbons (Fsp3) is 0.480. The van der Waals surface area contributed by atoms with Crippen molar-refractivity contribution in [1.29, 1.82) is 0 Å². The number of likely N-dealkylation sites (N-methyl/N-ethyl adjacent to an activating group) is 1. The fourth-order valence-electron chi connectivity index (χ4n) is 5.43. The molecule has 1 aromatic carbocycles. The van der Waals surface area contributed by atoms with Gasteiger partial charge in [0.1, 0.15) is 0 Å². The average molecular weight is 403 g/mol. The molecule has 30 heavy (non-hydrogen) atoms. The quantitative estimate of drug-likeness (QED) is 0.792. The molecule has 0 radical (unpaired) electrons. The second-order valence-electron chi connectivity index (χ2n) is 9.52. The molecule has 5 nitrogen and oxygen atoms in total. The minimum atomic E-state index is 0.275. The van der Waals surface area contributed by atoms with E-state index in [4.69, 9.17) is 4.99 Å². The van der Waals surface area contributed by atoms with E-state index in [1.165, 1.54) is 22.3 Å². The van der Waals surface area contributed by atoms with E-state index in [-0.39, 0.29) is 5.91 Å². The lowest BCUT2D eigenvalue weighted by molar-refractivity contribution is -0.135. The maximum atomic E-state index is 13.1. The molecular formula is C25H30N4O. The fourth-order valence-corrected chi connectivity index (χ4v) is 5.43. The number of rotatable bonds is 3. The van der Waals surface area contributed by atoms with Crippen LogP contribution in [0.1, 0.15) is 47.4 Å². The van der Waals surface area contributed by atoms with Gasteiger partial charge in [0.25, 0.3) is 0 Å². The monoisotopic (exact) mass is 402 g/mol. The Morgan fingerprint density at radius 1 is 1.10 bits per heavy atom. The molecule has 2 atom stereocenters. The number of amides is 1. The van der Waals surface area contributed by atoms with Crippen molar-refractivity contribution < 1.29 is 4.79 Å². The summed E-state index contributed by atoms with van der Waals surface area (Å²) in [6.45, 7) is 10.0. The molecule has 1 saturated heterocycles. The topological polar surface area (TPSA) is 48.8 Å². The molecule has 0 saturated carbocycles. The van der Waals surface area contributed by atoms with Crippen LogP contribution in [-0.2, 0) is 24.3 Å². The molecule has 5 heteroatoms. The molecule has 156 valence electrons. The normalized spacial score (nSPS) is 23.7. The Balaban J connectivity index is 1.48. The Hall–Kier alpha value is -2.53. The minimum absolute atomic E-state index is 0.275. The molecule has 4 heterocycles. The predicted molar refractivity (Wildman–Crippen MR) is 119 cm³/mol. The van der Waals surface area contributed by atoms with Gasteiger partial charge in [-0.3, -0.25) is 14.8 Å². The first kappa shape index (κ1) is 19.4. The van der Waals surface area contributed by atoms with E-state index in [1.807, 2.05) is 19.2 Å². The predicted octanol–water partition coefficient (Wildman–Crippen LogP) is 3.21. The Morgan fingerprint density at radius 2 is 1.93 bits per heavy atom. The van der Waals surface area contributed by atoms with Crippen LogP contribution in [0.3, 0.4) is 0 Å². The molecule has 1 amide bonds. The van der Waals surface area contributed by atoms with Crippen LogP contribution >= 0.6 is 0 Å². The van der Waals surface area contributed by atoms with Crippen LogP contribution in [-0.4, -0.2) is 52.6 Å². The summed E-state index contributed by atoms with van der Waals surface area (Å²) < 4.78 is 0. The van der Waals surface area contributed by atoms with E-state index >= 15 is 0 Å². The molecule has 5 rings (SSSR count). The molecule has 1 fully saturated rings. The summed E-state index contributed by atoms with van der Waals surface area (Å²) in [5.41, 5.74) is 8.11. The van der Waals surface area contributed by atoms with Gasteiger partial charge in [0.05, 0.1) is 18.7 Å². The Morgan fingerprint density at radius 3 is 2.70 bits per heavy atom. The number of carbonyl (C=O) groups is 1. The summed E-state index contributed by atoms with van der Waals surface area (Å²) in [5, 5.41) is 0. The number of pyridine rings is 1. The Labute approximate surface area is 178 Å². The number of hydrogen-bond acceptors (Lipinski definition) is 4. The molecule has 3 aliphatic rings. The first-order valence-corrected chi connectivity index (χ1v) is 11.0.